The van der Waals surface area contributed by atoms with Crippen LogP contribution in [0.3, 0.4) is 0 Å². The fourth-order valence-corrected chi connectivity index (χ4v) is 4.21. The first-order chi connectivity index (χ1) is 17.5. The molecule has 0 saturated carbocycles. The fraction of sp³-hybridized carbons (Fsp3) is 0.250. The highest BCUT2D eigenvalue weighted by atomic mass is 16.6. The first kappa shape index (κ1) is 24.8. The number of nitrogens with one attached hydrogen (secondary N) is 2. The number of hydrogen-bond acceptors (Lipinski definition) is 5. The molecule has 4 rings (SSSR count). The Morgan fingerprint density at radius 1 is 0.833 bits per heavy atom. The van der Waals surface area contributed by atoms with Gasteiger partial charge in [0.15, 0.2) is 0 Å². The van der Waals surface area contributed by atoms with Crippen LogP contribution in [0.1, 0.15) is 35.1 Å². The minimum absolute atomic E-state index is 0.0448. The first-order valence-corrected chi connectivity index (χ1v) is 11.8. The maximum absolute atomic E-state index is 12.2. The molecular weight excluding hydrogens is 460 g/mol. The van der Waals surface area contributed by atoms with Gasteiger partial charge in [-0.05, 0) is 52.6 Å². The summed E-state index contributed by atoms with van der Waals surface area (Å²) in [6, 6.07) is 22.2. The van der Waals surface area contributed by atoms with Crippen LogP contribution in [0.2, 0.25) is 0 Å². The fourth-order valence-electron chi connectivity index (χ4n) is 4.21. The number of ether oxygens (including phenoxy) is 2. The molecule has 3 aromatic rings. The highest BCUT2D eigenvalue weighted by Crippen LogP contribution is 2.38. The molecule has 186 valence electrons. The highest BCUT2D eigenvalue weighted by Gasteiger charge is 2.22. The van der Waals surface area contributed by atoms with E-state index in [-0.39, 0.29) is 26.2 Å². The summed E-state index contributed by atoms with van der Waals surface area (Å²) in [7, 11) is 0. The van der Waals surface area contributed by atoms with E-state index in [4.69, 9.17) is 9.47 Å². The van der Waals surface area contributed by atoms with Crippen molar-refractivity contribution < 1.29 is 29.0 Å². The number of carboxylic acid groups (broad SMARTS) is 1. The van der Waals surface area contributed by atoms with E-state index in [1.807, 2.05) is 42.5 Å². The SMILES string of the molecule is O=C(NCCC[C@@H](NC(=O)OCc1ccccc1)C(=O)O)OCc1cccc2c1Cc1ccccc1-2. The molecule has 2 amide bonds. The van der Waals surface area contributed by atoms with E-state index in [0.717, 1.165) is 17.5 Å². The number of carbonyl (C=O) groups is 3. The quantitative estimate of drug-likeness (QED) is 0.280. The first-order valence-electron chi connectivity index (χ1n) is 11.8. The van der Waals surface area contributed by atoms with Crippen LogP contribution in [0, 0.1) is 0 Å². The number of rotatable bonds is 10. The number of hydrogen-bond donors (Lipinski definition) is 3. The van der Waals surface area contributed by atoms with E-state index in [1.165, 1.54) is 22.3 Å². The summed E-state index contributed by atoms with van der Waals surface area (Å²) in [6.07, 6.45) is -0.118. The lowest BCUT2D eigenvalue weighted by Gasteiger charge is -2.15. The van der Waals surface area contributed by atoms with Gasteiger partial charge in [0.2, 0.25) is 0 Å². The lowest BCUT2D eigenvalue weighted by atomic mass is 10.0. The minimum atomic E-state index is -1.17. The Bertz CT molecular complexity index is 1230. The Morgan fingerprint density at radius 2 is 1.56 bits per heavy atom. The molecule has 0 bridgehead atoms. The number of benzene rings is 3. The van der Waals surface area contributed by atoms with Gasteiger partial charge >= 0.3 is 18.2 Å². The van der Waals surface area contributed by atoms with Crippen molar-refractivity contribution in [1.82, 2.24) is 10.6 Å². The summed E-state index contributed by atoms with van der Waals surface area (Å²) >= 11 is 0. The summed E-state index contributed by atoms with van der Waals surface area (Å²) in [6.45, 7) is 0.403. The normalized spacial score (nSPS) is 12.1. The second-order valence-corrected chi connectivity index (χ2v) is 8.52. The van der Waals surface area contributed by atoms with E-state index < -0.39 is 24.2 Å². The van der Waals surface area contributed by atoms with E-state index in [9.17, 15) is 19.5 Å². The Morgan fingerprint density at radius 3 is 2.36 bits per heavy atom. The summed E-state index contributed by atoms with van der Waals surface area (Å²) < 4.78 is 10.5. The van der Waals surface area contributed by atoms with Gasteiger partial charge in [-0.3, -0.25) is 0 Å². The third-order valence-electron chi connectivity index (χ3n) is 6.05. The van der Waals surface area contributed by atoms with Crippen LogP contribution in [-0.2, 0) is 33.9 Å². The molecule has 3 N–H and O–H groups in total. The molecule has 0 unspecified atom stereocenters. The van der Waals surface area contributed by atoms with Crippen molar-refractivity contribution in [3.05, 3.63) is 95.1 Å². The van der Waals surface area contributed by atoms with Crippen molar-refractivity contribution >= 4 is 18.2 Å². The molecule has 1 aliphatic carbocycles. The molecule has 1 atom stereocenters. The van der Waals surface area contributed by atoms with Crippen molar-refractivity contribution in [2.45, 2.75) is 38.5 Å². The number of alkyl carbamates (subject to hydrolysis) is 2. The minimum Gasteiger partial charge on any atom is -0.480 e. The van der Waals surface area contributed by atoms with Crippen molar-refractivity contribution in [3.8, 4) is 11.1 Å². The molecule has 1 aliphatic rings. The van der Waals surface area contributed by atoms with Crippen LogP contribution in [-0.4, -0.2) is 35.8 Å². The molecular formula is C28H28N2O6. The van der Waals surface area contributed by atoms with Crippen LogP contribution in [0.4, 0.5) is 9.59 Å². The Balaban J connectivity index is 1.17. The molecule has 36 heavy (non-hydrogen) atoms. The van der Waals surface area contributed by atoms with Gasteiger partial charge in [-0.2, -0.15) is 0 Å². The number of fused-ring (bicyclic) bond motifs is 3. The van der Waals surface area contributed by atoms with Gasteiger partial charge in [0.1, 0.15) is 19.3 Å². The highest BCUT2D eigenvalue weighted by molar-refractivity contribution is 5.80. The maximum atomic E-state index is 12.2. The van der Waals surface area contributed by atoms with Crippen LogP contribution >= 0.6 is 0 Å². The standard InChI is InChI=1S/C28H28N2O6/c31-26(32)25(30-28(34)35-17-19-8-2-1-3-9-19)14-7-15-29-27(33)36-18-21-11-6-13-23-22-12-5-4-10-20(22)16-24(21)23/h1-6,8-13,25H,7,14-18H2,(H,29,33)(H,30,34)(H,31,32)/t25-/m1/s1. The zero-order valence-electron chi connectivity index (χ0n) is 19.7. The van der Waals surface area contributed by atoms with Gasteiger partial charge in [-0.1, -0.05) is 72.8 Å². The Kier molecular flexibility index (Phi) is 8.18. The Hall–Kier alpha value is -4.33. The molecule has 8 nitrogen and oxygen atoms in total. The van der Waals surface area contributed by atoms with Crippen molar-refractivity contribution in [2.24, 2.45) is 0 Å². The summed E-state index contributed by atoms with van der Waals surface area (Å²) in [5, 5.41) is 14.4. The van der Waals surface area contributed by atoms with E-state index >= 15 is 0 Å². The lowest BCUT2D eigenvalue weighted by molar-refractivity contribution is -0.139. The molecule has 0 aromatic heterocycles. The number of carboxylic acids is 1. The van der Waals surface area contributed by atoms with E-state index in [0.29, 0.717) is 6.42 Å². The van der Waals surface area contributed by atoms with Crippen LogP contribution in [0.5, 0.6) is 0 Å². The predicted octanol–water partition coefficient (Wildman–Crippen LogP) is 4.64. The summed E-state index contributed by atoms with van der Waals surface area (Å²) in [5.41, 5.74) is 6.57. The molecule has 8 heteroatoms. The molecule has 3 aromatic carbocycles. The largest absolute Gasteiger partial charge is 0.480 e. The maximum Gasteiger partial charge on any atom is 0.408 e. The van der Waals surface area contributed by atoms with Crippen molar-refractivity contribution in [1.29, 1.82) is 0 Å². The monoisotopic (exact) mass is 488 g/mol. The van der Waals surface area contributed by atoms with Gasteiger partial charge in [0.05, 0.1) is 0 Å². The third kappa shape index (κ3) is 6.41. The van der Waals surface area contributed by atoms with Crippen molar-refractivity contribution in [3.63, 3.8) is 0 Å². The number of amides is 2. The van der Waals surface area contributed by atoms with Gasteiger partial charge < -0.3 is 25.2 Å². The van der Waals surface area contributed by atoms with Crippen LogP contribution in [0.15, 0.2) is 72.8 Å². The molecule has 0 aliphatic heterocycles. The molecule has 0 fully saturated rings. The average molecular weight is 489 g/mol. The molecule has 0 spiro atoms. The topological polar surface area (TPSA) is 114 Å². The molecule has 0 radical (unpaired) electrons. The van der Waals surface area contributed by atoms with Gasteiger partial charge in [0, 0.05) is 6.54 Å². The lowest BCUT2D eigenvalue weighted by Crippen LogP contribution is -2.41. The van der Waals surface area contributed by atoms with Crippen LogP contribution in [0.25, 0.3) is 11.1 Å². The zero-order chi connectivity index (χ0) is 25.3. The predicted molar refractivity (Wildman–Crippen MR) is 133 cm³/mol. The van der Waals surface area contributed by atoms with Crippen LogP contribution < -0.4 is 10.6 Å². The summed E-state index contributed by atoms with van der Waals surface area (Å²) in [4.78, 5) is 35.6. The van der Waals surface area contributed by atoms with E-state index in [1.54, 1.807) is 12.1 Å². The third-order valence-corrected chi connectivity index (χ3v) is 6.05. The molecule has 0 heterocycles. The second kappa shape index (κ2) is 11.9. The number of aliphatic carboxylic acids is 1. The average Bonchev–Trinajstić information content (AvgIpc) is 3.28. The molecule has 0 saturated heterocycles. The van der Waals surface area contributed by atoms with Crippen molar-refractivity contribution in [2.75, 3.05) is 6.54 Å². The van der Waals surface area contributed by atoms with Gasteiger partial charge in [-0.25, -0.2) is 14.4 Å². The van der Waals surface area contributed by atoms with E-state index in [2.05, 4.69) is 28.8 Å². The smallest absolute Gasteiger partial charge is 0.408 e. The Labute approximate surface area is 209 Å². The second-order valence-electron chi connectivity index (χ2n) is 8.52. The number of carbonyl (C=O) groups excluding carboxylic acids is 2. The summed E-state index contributed by atoms with van der Waals surface area (Å²) in [5.74, 6) is -1.17. The van der Waals surface area contributed by atoms with Gasteiger partial charge in [-0.15, -0.1) is 0 Å². The zero-order valence-corrected chi connectivity index (χ0v) is 19.7. The van der Waals surface area contributed by atoms with Gasteiger partial charge in [0.25, 0.3) is 0 Å².